The highest BCUT2D eigenvalue weighted by Gasteiger charge is 2.12. The molecule has 4 rings (SSSR count). The van der Waals surface area contributed by atoms with Crippen molar-refractivity contribution in [1.29, 1.82) is 0 Å². The molecule has 146 valence electrons. The number of carbonyl (C=O) groups is 1. The number of benzene rings is 2. The summed E-state index contributed by atoms with van der Waals surface area (Å²) in [6, 6.07) is 15.1. The highest BCUT2D eigenvalue weighted by Crippen LogP contribution is 2.35. The van der Waals surface area contributed by atoms with Crippen molar-refractivity contribution in [3.63, 3.8) is 0 Å². The number of aromatic nitrogens is 1. The Morgan fingerprint density at radius 3 is 2.68 bits per heavy atom. The van der Waals surface area contributed by atoms with Crippen molar-refractivity contribution < 1.29 is 20.9 Å². The van der Waals surface area contributed by atoms with Gasteiger partial charge >= 0.3 is 5.97 Å². The van der Waals surface area contributed by atoms with Gasteiger partial charge in [0, 0.05) is 26.1 Å². The van der Waals surface area contributed by atoms with Crippen molar-refractivity contribution in [3.8, 4) is 0 Å². The third-order valence-corrected chi connectivity index (χ3v) is 5.60. The van der Waals surface area contributed by atoms with Crippen LogP contribution in [0.2, 0.25) is 0 Å². The van der Waals surface area contributed by atoms with Crippen molar-refractivity contribution in [3.05, 3.63) is 59.5 Å². The average molecular weight is 418 g/mol. The second kappa shape index (κ2) is 9.00. The van der Waals surface area contributed by atoms with E-state index >= 15 is 0 Å². The predicted molar refractivity (Wildman–Crippen MR) is 116 cm³/mol. The smallest absolute Gasteiger partial charge is 0.335 e. The third-order valence-electron chi connectivity index (χ3n) is 3.96. The van der Waals surface area contributed by atoms with Crippen LogP contribution in [0.25, 0.3) is 21.0 Å². The number of hydrogen-bond acceptors (Lipinski definition) is 6. The number of fused-ring (bicyclic) bond motifs is 3. The fraction of sp³-hybridized carbons (Fsp3) is 0.0526. The Labute approximate surface area is 169 Å². The van der Waals surface area contributed by atoms with Crippen LogP contribution in [-0.4, -0.2) is 34.1 Å². The first-order valence-corrected chi connectivity index (χ1v) is 9.60. The van der Waals surface area contributed by atoms with E-state index in [-0.39, 0.29) is 16.5 Å². The van der Waals surface area contributed by atoms with Crippen LogP contribution in [0.1, 0.15) is 10.4 Å². The maximum atomic E-state index is 11.3. The molecule has 0 saturated carbocycles. The topological polar surface area (TPSA) is 137 Å². The van der Waals surface area contributed by atoms with Crippen molar-refractivity contribution >= 4 is 61.7 Å². The summed E-state index contributed by atoms with van der Waals surface area (Å²) in [5.41, 5.74) is 1.83. The van der Waals surface area contributed by atoms with Crippen LogP contribution in [0.15, 0.2) is 58.8 Å². The Hall–Kier alpha value is -2.69. The minimum Gasteiger partial charge on any atom is -0.478 e. The molecule has 7 N–H and O–H groups in total. The van der Waals surface area contributed by atoms with E-state index in [0.717, 1.165) is 31.9 Å². The van der Waals surface area contributed by atoms with Crippen molar-refractivity contribution in [2.24, 2.45) is 0 Å². The average Bonchev–Trinajstić information content (AvgIpc) is 3.12. The van der Waals surface area contributed by atoms with E-state index in [2.05, 4.69) is 10.0 Å². The zero-order chi connectivity index (χ0) is 18.1. The van der Waals surface area contributed by atoms with Crippen LogP contribution in [0.5, 0.6) is 0 Å². The largest absolute Gasteiger partial charge is 0.478 e. The second-order valence-electron chi connectivity index (χ2n) is 5.62. The van der Waals surface area contributed by atoms with Crippen LogP contribution >= 0.6 is 23.3 Å². The summed E-state index contributed by atoms with van der Waals surface area (Å²) in [5, 5.41) is 16.6. The van der Waals surface area contributed by atoms with Crippen LogP contribution in [0.3, 0.4) is 0 Å². The Morgan fingerprint density at radius 1 is 1.11 bits per heavy atom. The zero-order valence-electron chi connectivity index (χ0n) is 14.8. The van der Waals surface area contributed by atoms with E-state index in [1.54, 1.807) is 23.5 Å². The molecule has 0 unspecified atom stereocenters. The standard InChI is InChI=1S/C19H15N3O2S2.2H2O/c1-20-26-13-4-2-3-12(10-13)21-18-15-7-8-25-17(15)14-6-5-11(19(23)24)9-16(14)22-18;;/h2-10,20H,1H3,(H,21,22)(H,23,24);2*1H2. The molecule has 0 spiro atoms. The first-order chi connectivity index (χ1) is 12.7. The Kier molecular flexibility index (Phi) is 6.95. The summed E-state index contributed by atoms with van der Waals surface area (Å²) in [7, 11) is 1.88. The number of carboxylic acid groups (broad SMARTS) is 1. The molecule has 0 aliphatic rings. The van der Waals surface area contributed by atoms with E-state index in [9.17, 15) is 9.90 Å². The summed E-state index contributed by atoms with van der Waals surface area (Å²) in [5.74, 6) is -0.228. The highest BCUT2D eigenvalue weighted by molar-refractivity contribution is 7.97. The first-order valence-electron chi connectivity index (χ1n) is 7.90. The van der Waals surface area contributed by atoms with Gasteiger partial charge in [0.25, 0.3) is 0 Å². The molecule has 0 bridgehead atoms. The third kappa shape index (κ3) is 4.08. The highest BCUT2D eigenvalue weighted by atomic mass is 32.2. The van der Waals surface area contributed by atoms with Crippen LogP contribution in [-0.2, 0) is 0 Å². The number of nitrogens with one attached hydrogen (secondary N) is 2. The zero-order valence-corrected chi connectivity index (χ0v) is 16.4. The van der Waals surface area contributed by atoms with Gasteiger partial charge in [0.2, 0.25) is 0 Å². The lowest BCUT2D eigenvalue weighted by molar-refractivity contribution is 0.0697. The maximum absolute atomic E-state index is 11.3. The van der Waals surface area contributed by atoms with Crippen molar-refractivity contribution in [1.82, 2.24) is 9.71 Å². The van der Waals surface area contributed by atoms with Gasteiger partial charge in [0.15, 0.2) is 0 Å². The molecule has 0 radical (unpaired) electrons. The molecule has 7 nitrogen and oxygen atoms in total. The number of pyridine rings is 1. The van der Waals surface area contributed by atoms with Gasteiger partial charge in [-0.2, -0.15) is 0 Å². The van der Waals surface area contributed by atoms with Gasteiger partial charge in [-0.15, -0.1) is 11.3 Å². The molecule has 4 aromatic rings. The lowest BCUT2D eigenvalue weighted by Crippen LogP contribution is -1.98. The lowest BCUT2D eigenvalue weighted by atomic mass is 10.1. The normalized spacial score (nSPS) is 10.3. The van der Waals surface area contributed by atoms with Crippen molar-refractivity contribution in [2.45, 2.75) is 4.90 Å². The molecule has 9 heteroatoms. The number of aromatic carboxylic acids is 1. The van der Waals surface area contributed by atoms with Gasteiger partial charge in [-0.25, -0.2) is 9.78 Å². The fourth-order valence-corrected chi connectivity index (χ4v) is 4.32. The SMILES string of the molecule is CNSc1cccc(Nc2nc3cc(C(=O)O)ccc3c3sccc23)c1.O.O. The summed E-state index contributed by atoms with van der Waals surface area (Å²) in [6.45, 7) is 0. The van der Waals surface area contributed by atoms with E-state index in [1.165, 1.54) is 11.9 Å². The Morgan fingerprint density at radius 2 is 1.93 bits per heavy atom. The van der Waals surface area contributed by atoms with Gasteiger partial charge in [-0.1, -0.05) is 12.1 Å². The monoisotopic (exact) mass is 417 g/mol. The molecule has 0 saturated heterocycles. The molecule has 0 atom stereocenters. The molecule has 2 heterocycles. The van der Waals surface area contributed by atoms with Crippen LogP contribution in [0.4, 0.5) is 11.5 Å². The molecule has 0 fully saturated rings. The molecule has 2 aromatic heterocycles. The number of nitrogens with zero attached hydrogens (tertiary/aromatic N) is 1. The van der Waals surface area contributed by atoms with Gasteiger partial charge in [-0.3, -0.25) is 4.72 Å². The van der Waals surface area contributed by atoms with E-state index in [1.807, 2.05) is 48.8 Å². The lowest BCUT2D eigenvalue weighted by Gasteiger charge is -2.11. The maximum Gasteiger partial charge on any atom is 0.335 e. The Balaban J connectivity index is 0.00000140. The molecular formula is C19H19N3O4S2. The van der Waals surface area contributed by atoms with E-state index in [4.69, 9.17) is 4.98 Å². The van der Waals surface area contributed by atoms with E-state index in [0.29, 0.717) is 5.52 Å². The minimum atomic E-state index is -0.953. The minimum absolute atomic E-state index is 0. The number of carboxylic acids is 1. The molecule has 0 aliphatic carbocycles. The molecule has 0 aliphatic heterocycles. The van der Waals surface area contributed by atoms with E-state index < -0.39 is 5.97 Å². The molecule has 0 amide bonds. The quantitative estimate of drug-likeness (QED) is 0.425. The van der Waals surface area contributed by atoms with Gasteiger partial charge in [0.1, 0.15) is 5.82 Å². The molecule has 28 heavy (non-hydrogen) atoms. The van der Waals surface area contributed by atoms with Gasteiger partial charge < -0.3 is 21.4 Å². The van der Waals surface area contributed by atoms with Crippen molar-refractivity contribution in [2.75, 3.05) is 12.4 Å². The fourth-order valence-electron chi connectivity index (χ4n) is 2.82. The summed E-state index contributed by atoms with van der Waals surface area (Å²) in [6.07, 6.45) is 0. The Bertz CT molecular complexity index is 1130. The van der Waals surface area contributed by atoms with Gasteiger partial charge in [-0.05, 0) is 60.8 Å². The summed E-state index contributed by atoms with van der Waals surface area (Å²) < 4.78 is 4.15. The first kappa shape index (κ1) is 21.6. The van der Waals surface area contributed by atoms with Crippen LogP contribution < -0.4 is 10.0 Å². The summed E-state index contributed by atoms with van der Waals surface area (Å²) >= 11 is 3.16. The van der Waals surface area contributed by atoms with Gasteiger partial charge in [0.05, 0.1) is 11.1 Å². The number of thiophene rings is 1. The molecular weight excluding hydrogens is 398 g/mol. The number of hydrogen-bond donors (Lipinski definition) is 3. The number of anilines is 2. The second-order valence-corrected chi connectivity index (χ2v) is 7.62. The summed E-state index contributed by atoms with van der Waals surface area (Å²) in [4.78, 5) is 17.1. The predicted octanol–water partition coefficient (Wildman–Crippen LogP) is 3.47. The van der Waals surface area contributed by atoms with Crippen LogP contribution in [0, 0.1) is 0 Å². The molecule has 2 aromatic carbocycles. The number of rotatable bonds is 5.